The van der Waals surface area contributed by atoms with Crippen LogP contribution in [0.5, 0.6) is 5.75 Å². The Labute approximate surface area is 172 Å². The van der Waals surface area contributed by atoms with Crippen LogP contribution in [0.15, 0.2) is 41.3 Å². The van der Waals surface area contributed by atoms with Crippen LogP contribution in [0, 0.1) is 13.8 Å². The molecule has 3 rings (SSSR count). The second kappa shape index (κ2) is 8.55. The van der Waals surface area contributed by atoms with E-state index >= 15 is 0 Å². The Hall–Kier alpha value is -2.38. The fourth-order valence-electron chi connectivity index (χ4n) is 3.81. The zero-order valence-electron chi connectivity index (χ0n) is 17.4. The van der Waals surface area contributed by atoms with Crippen molar-refractivity contribution in [2.24, 2.45) is 0 Å². The molecule has 2 aromatic rings. The highest BCUT2D eigenvalue weighted by Gasteiger charge is 2.40. The highest BCUT2D eigenvalue weighted by Crippen LogP contribution is 2.31. The second-order valence-corrected chi connectivity index (χ2v) is 9.22. The maximum absolute atomic E-state index is 13.4. The third kappa shape index (κ3) is 4.16. The van der Waals surface area contributed by atoms with Crippen molar-refractivity contribution in [3.63, 3.8) is 0 Å². The number of para-hydroxylation sites is 1. The van der Waals surface area contributed by atoms with Crippen molar-refractivity contribution in [1.82, 2.24) is 4.31 Å². The van der Waals surface area contributed by atoms with E-state index in [1.807, 2.05) is 32.0 Å². The number of hydrogen-bond acceptors (Lipinski definition) is 4. The highest BCUT2D eigenvalue weighted by atomic mass is 32.2. The Kier molecular flexibility index (Phi) is 6.29. The van der Waals surface area contributed by atoms with Crippen LogP contribution in [-0.4, -0.2) is 38.3 Å². The summed E-state index contributed by atoms with van der Waals surface area (Å²) in [5.41, 5.74) is 3.41. The number of benzene rings is 2. The van der Waals surface area contributed by atoms with Gasteiger partial charge in [0.05, 0.1) is 12.0 Å². The maximum atomic E-state index is 13.4. The number of nitrogens with zero attached hydrogens (tertiary/aromatic N) is 1. The Morgan fingerprint density at radius 3 is 2.66 bits per heavy atom. The molecule has 1 saturated heterocycles. The summed E-state index contributed by atoms with van der Waals surface area (Å²) >= 11 is 0. The van der Waals surface area contributed by atoms with Crippen molar-refractivity contribution >= 4 is 21.6 Å². The first-order valence-electron chi connectivity index (χ1n) is 9.85. The quantitative estimate of drug-likeness (QED) is 0.780. The van der Waals surface area contributed by atoms with E-state index in [9.17, 15) is 13.2 Å². The fraction of sp³-hybridized carbons (Fsp3) is 0.409. The van der Waals surface area contributed by atoms with Crippen molar-refractivity contribution in [3.05, 3.63) is 53.1 Å². The van der Waals surface area contributed by atoms with Crippen molar-refractivity contribution in [1.29, 1.82) is 0 Å². The van der Waals surface area contributed by atoms with E-state index in [2.05, 4.69) is 5.32 Å². The molecule has 0 spiro atoms. The molecule has 1 fully saturated rings. The number of aryl methyl sites for hydroxylation is 3. The minimum atomic E-state index is -3.82. The van der Waals surface area contributed by atoms with Gasteiger partial charge in [0, 0.05) is 18.3 Å². The third-order valence-corrected chi connectivity index (χ3v) is 7.53. The van der Waals surface area contributed by atoms with Crippen LogP contribution in [0.2, 0.25) is 0 Å². The zero-order valence-corrected chi connectivity index (χ0v) is 18.2. The van der Waals surface area contributed by atoms with Crippen molar-refractivity contribution < 1.29 is 17.9 Å². The van der Waals surface area contributed by atoms with Gasteiger partial charge in [0.2, 0.25) is 15.9 Å². The van der Waals surface area contributed by atoms with E-state index in [0.717, 1.165) is 23.2 Å². The number of carbonyl (C=O) groups excluding carboxylic acids is 1. The number of nitrogens with one attached hydrogen (secondary N) is 1. The SMILES string of the molecule is CCc1cccc(C)c1NC(=O)C1CCCN1S(=O)(=O)c1cc(OC)ccc1C. The van der Waals surface area contributed by atoms with Gasteiger partial charge in [-0.3, -0.25) is 4.79 Å². The van der Waals surface area contributed by atoms with Crippen LogP contribution in [0.4, 0.5) is 5.69 Å². The van der Waals surface area contributed by atoms with Gasteiger partial charge in [0.25, 0.3) is 0 Å². The number of amides is 1. The molecule has 2 aromatic carbocycles. The summed E-state index contributed by atoms with van der Waals surface area (Å²) in [6.45, 7) is 6.05. The lowest BCUT2D eigenvalue weighted by molar-refractivity contribution is -0.119. The van der Waals surface area contributed by atoms with Crippen LogP contribution >= 0.6 is 0 Å². The Bertz CT molecular complexity index is 1020. The molecule has 0 saturated carbocycles. The van der Waals surface area contributed by atoms with Crippen molar-refractivity contribution in [2.45, 2.75) is 51.0 Å². The van der Waals surface area contributed by atoms with Gasteiger partial charge in [-0.1, -0.05) is 31.2 Å². The Morgan fingerprint density at radius 2 is 1.97 bits per heavy atom. The van der Waals surface area contributed by atoms with Crippen LogP contribution in [0.25, 0.3) is 0 Å². The summed E-state index contributed by atoms with van der Waals surface area (Å²) in [6.07, 6.45) is 1.93. The highest BCUT2D eigenvalue weighted by molar-refractivity contribution is 7.89. The molecule has 7 heteroatoms. The molecule has 0 radical (unpaired) electrons. The first-order chi connectivity index (χ1) is 13.8. The zero-order chi connectivity index (χ0) is 21.2. The van der Waals surface area contributed by atoms with Crippen LogP contribution in [0.1, 0.15) is 36.5 Å². The Morgan fingerprint density at radius 1 is 1.21 bits per heavy atom. The van der Waals surface area contributed by atoms with Gasteiger partial charge >= 0.3 is 0 Å². The lowest BCUT2D eigenvalue weighted by atomic mass is 10.1. The van der Waals surface area contributed by atoms with Gasteiger partial charge < -0.3 is 10.1 Å². The molecule has 0 bridgehead atoms. The summed E-state index contributed by atoms with van der Waals surface area (Å²) < 4.78 is 33.3. The van der Waals surface area contributed by atoms with Gasteiger partial charge in [0.1, 0.15) is 11.8 Å². The second-order valence-electron chi connectivity index (χ2n) is 7.36. The topological polar surface area (TPSA) is 75.7 Å². The van der Waals surface area contributed by atoms with Crippen LogP contribution in [-0.2, 0) is 21.2 Å². The normalized spacial score (nSPS) is 17.3. The lowest BCUT2D eigenvalue weighted by Gasteiger charge is -2.25. The first-order valence-corrected chi connectivity index (χ1v) is 11.3. The molecule has 1 atom stereocenters. The number of sulfonamides is 1. The summed E-state index contributed by atoms with van der Waals surface area (Å²) in [4.78, 5) is 13.3. The van der Waals surface area contributed by atoms with Crippen molar-refractivity contribution in [2.75, 3.05) is 19.0 Å². The van der Waals surface area contributed by atoms with Crippen molar-refractivity contribution in [3.8, 4) is 5.75 Å². The minimum Gasteiger partial charge on any atom is -0.497 e. The van der Waals surface area contributed by atoms with E-state index in [4.69, 9.17) is 4.74 Å². The third-order valence-electron chi connectivity index (χ3n) is 5.48. The average Bonchev–Trinajstić information content (AvgIpc) is 3.20. The molecular formula is C22H28N2O4S. The molecule has 0 aromatic heterocycles. The predicted molar refractivity (Wildman–Crippen MR) is 114 cm³/mol. The lowest BCUT2D eigenvalue weighted by Crippen LogP contribution is -2.43. The number of anilines is 1. The fourth-order valence-corrected chi connectivity index (χ4v) is 5.71. The summed E-state index contributed by atoms with van der Waals surface area (Å²) in [5.74, 6) is 0.192. The molecule has 1 heterocycles. The average molecular weight is 417 g/mol. The van der Waals surface area contributed by atoms with E-state index in [0.29, 0.717) is 30.7 Å². The monoisotopic (exact) mass is 416 g/mol. The molecule has 156 valence electrons. The largest absolute Gasteiger partial charge is 0.497 e. The first kappa shape index (κ1) is 21.3. The molecule has 1 aliphatic heterocycles. The molecule has 1 N–H and O–H groups in total. The van der Waals surface area contributed by atoms with Gasteiger partial charge in [-0.15, -0.1) is 0 Å². The number of methoxy groups -OCH3 is 1. The molecule has 29 heavy (non-hydrogen) atoms. The number of ether oxygens (including phenoxy) is 1. The maximum Gasteiger partial charge on any atom is 0.244 e. The summed E-state index contributed by atoms with van der Waals surface area (Å²) in [5, 5.41) is 2.99. The van der Waals surface area contributed by atoms with E-state index in [-0.39, 0.29) is 10.8 Å². The molecule has 0 aliphatic carbocycles. The number of hydrogen-bond donors (Lipinski definition) is 1. The van der Waals surface area contributed by atoms with E-state index in [1.54, 1.807) is 19.1 Å². The van der Waals surface area contributed by atoms with Crippen LogP contribution in [0.3, 0.4) is 0 Å². The van der Waals surface area contributed by atoms with Gasteiger partial charge in [-0.25, -0.2) is 8.42 Å². The minimum absolute atomic E-state index is 0.182. The molecule has 1 aliphatic rings. The van der Waals surface area contributed by atoms with Gasteiger partial charge in [-0.2, -0.15) is 4.31 Å². The molecule has 1 amide bonds. The molecule has 1 unspecified atom stereocenters. The number of carbonyl (C=O) groups is 1. The molecule has 6 nitrogen and oxygen atoms in total. The van der Waals surface area contributed by atoms with Gasteiger partial charge in [-0.05, 0) is 55.9 Å². The van der Waals surface area contributed by atoms with Crippen LogP contribution < -0.4 is 10.1 Å². The standard InChI is InChI=1S/C22H28N2O4S/c1-5-17-9-6-8-16(3)21(17)23-22(25)19-10-7-13-24(19)29(26,27)20-14-18(28-4)12-11-15(20)2/h6,8-9,11-12,14,19H,5,7,10,13H2,1-4H3,(H,23,25). The van der Waals surface area contributed by atoms with E-state index in [1.165, 1.54) is 17.5 Å². The smallest absolute Gasteiger partial charge is 0.244 e. The summed E-state index contributed by atoms with van der Waals surface area (Å²) in [6, 6.07) is 10.1. The van der Waals surface area contributed by atoms with Gasteiger partial charge in [0.15, 0.2) is 0 Å². The summed E-state index contributed by atoms with van der Waals surface area (Å²) in [7, 11) is -2.32. The van der Waals surface area contributed by atoms with E-state index < -0.39 is 16.1 Å². The number of rotatable bonds is 6. The predicted octanol–water partition coefficient (Wildman–Crippen LogP) is 3.67. The Balaban J connectivity index is 1.91. The molecular weight excluding hydrogens is 388 g/mol.